The van der Waals surface area contributed by atoms with Crippen LogP contribution >= 0.6 is 0 Å². The molecular formula is C15H34N2O. The maximum atomic E-state index is 5.19. The van der Waals surface area contributed by atoms with Crippen LogP contribution in [0, 0.1) is 0 Å². The number of ether oxygens (including phenoxy) is 1. The predicted molar refractivity (Wildman–Crippen MR) is 80.2 cm³/mol. The molecule has 0 aromatic rings. The monoisotopic (exact) mass is 258 g/mol. The summed E-state index contributed by atoms with van der Waals surface area (Å²) in [4.78, 5) is 2.55. The molecular weight excluding hydrogens is 224 g/mol. The maximum Gasteiger partial charge on any atom is 0.0589 e. The minimum atomic E-state index is 0.645. The summed E-state index contributed by atoms with van der Waals surface area (Å²) in [6.45, 7) is 13.3. The van der Waals surface area contributed by atoms with Crippen molar-refractivity contribution in [3.63, 3.8) is 0 Å². The summed E-state index contributed by atoms with van der Waals surface area (Å²) in [6.07, 6.45) is 4.97. The van der Waals surface area contributed by atoms with Gasteiger partial charge in [0.2, 0.25) is 0 Å². The molecule has 0 amide bonds. The average Bonchev–Trinajstić information content (AvgIpc) is 2.39. The van der Waals surface area contributed by atoms with E-state index in [0.29, 0.717) is 12.1 Å². The number of methoxy groups -OCH3 is 1. The van der Waals surface area contributed by atoms with E-state index in [-0.39, 0.29) is 0 Å². The van der Waals surface area contributed by atoms with E-state index in [1.54, 1.807) is 7.11 Å². The minimum Gasteiger partial charge on any atom is -0.383 e. The average molecular weight is 258 g/mol. The SMILES string of the molecule is CCCNC(C)CCCN(CCOC)C(C)CC. The molecule has 2 atom stereocenters. The zero-order valence-electron chi connectivity index (χ0n) is 13.2. The Hall–Kier alpha value is -0.120. The van der Waals surface area contributed by atoms with Crippen LogP contribution in [-0.2, 0) is 4.74 Å². The molecule has 0 aliphatic rings. The normalized spacial score (nSPS) is 15.0. The molecule has 0 heterocycles. The molecule has 1 N–H and O–H groups in total. The van der Waals surface area contributed by atoms with Crippen LogP contribution in [0.15, 0.2) is 0 Å². The van der Waals surface area contributed by atoms with Crippen LogP contribution in [0.1, 0.15) is 53.4 Å². The smallest absolute Gasteiger partial charge is 0.0589 e. The van der Waals surface area contributed by atoms with Gasteiger partial charge in [0.05, 0.1) is 6.61 Å². The van der Waals surface area contributed by atoms with Crippen LogP contribution in [0.5, 0.6) is 0 Å². The summed E-state index contributed by atoms with van der Waals surface area (Å²) < 4.78 is 5.19. The van der Waals surface area contributed by atoms with Gasteiger partial charge < -0.3 is 10.1 Å². The summed E-state index contributed by atoms with van der Waals surface area (Å²) in [7, 11) is 1.78. The molecule has 18 heavy (non-hydrogen) atoms. The van der Waals surface area contributed by atoms with Gasteiger partial charge in [-0.3, -0.25) is 4.90 Å². The van der Waals surface area contributed by atoms with Crippen LogP contribution in [-0.4, -0.2) is 50.3 Å². The largest absolute Gasteiger partial charge is 0.383 e. The Kier molecular flexibility index (Phi) is 11.9. The van der Waals surface area contributed by atoms with Gasteiger partial charge >= 0.3 is 0 Å². The highest BCUT2D eigenvalue weighted by molar-refractivity contribution is 4.68. The van der Waals surface area contributed by atoms with Crippen molar-refractivity contribution in [1.29, 1.82) is 0 Å². The fraction of sp³-hybridized carbons (Fsp3) is 1.00. The van der Waals surface area contributed by atoms with Gasteiger partial charge in [0.15, 0.2) is 0 Å². The van der Waals surface area contributed by atoms with Crippen molar-refractivity contribution in [3.8, 4) is 0 Å². The number of hydrogen-bond acceptors (Lipinski definition) is 3. The molecule has 0 aliphatic carbocycles. The van der Waals surface area contributed by atoms with Gasteiger partial charge in [0, 0.05) is 25.7 Å². The van der Waals surface area contributed by atoms with Crippen LogP contribution in [0.4, 0.5) is 0 Å². The fourth-order valence-corrected chi connectivity index (χ4v) is 2.11. The molecule has 0 aromatic carbocycles. The molecule has 110 valence electrons. The van der Waals surface area contributed by atoms with E-state index >= 15 is 0 Å². The third kappa shape index (κ3) is 8.90. The molecule has 0 radical (unpaired) electrons. The van der Waals surface area contributed by atoms with Crippen LogP contribution < -0.4 is 5.32 Å². The molecule has 0 aliphatic heterocycles. The summed E-state index contributed by atoms with van der Waals surface area (Å²) in [5, 5.41) is 3.55. The van der Waals surface area contributed by atoms with E-state index in [1.807, 2.05) is 0 Å². The minimum absolute atomic E-state index is 0.645. The van der Waals surface area contributed by atoms with E-state index in [9.17, 15) is 0 Å². The van der Waals surface area contributed by atoms with Gasteiger partial charge in [-0.05, 0) is 52.6 Å². The van der Waals surface area contributed by atoms with Crippen molar-refractivity contribution in [3.05, 3.63) is 0 Å². The van der Waals surface area contributed by atoms with Crippen molar-refractivity contribution in [2.24, 2.45) is 0 Å². The Bertz CT molecular complexity index is 176. The Balaban J connectivity index is 3.80. The zero-order valence-corrected chi connectivity index (χ0v) is 13.2. The van der Waals surface area contributed by atoms with Gasteiger partial charge in [-0.15, -0.1) is 0 Å². The van der Waals surface area contributed by atoms with E-state index < -0.39 is 0 Å². The standard InChI is InChI=1S/C15H34N2O/c1-6-10-16-14(3)9-8-11-17(12-13-18-5)15(4)7-2/h14-16H,6-13H2,1-5H3. The first-order valence-corrected chi connectivity index (χ1v) is 7.62. The molecule has 2 unspecified atom stereocenters. The molecule has 0 fully saturated rings. The Morgan fingerprint density at radius 1 is 1.17 bits per heavy atom. The second kappa shape index (κ2) is 11.9. The number of nitrogens with one attached hydrogen (secondary N) is 1. The molecule has 0 rings (SSSR count). The van der Waals surface area contributed by atoms with Gasteiger partial charge in [0.1, 0.15) is 0 Å². The highest BCUT2D eigenvalue weighted by Gasteiger charge is 2.11. The Morgan fingerprint density at radius 3 is 2.44 bits per heavy atom. The van der Waals surface area contributed by atoms with Crippen molar-refractivity contribution in [2.75, 3.05) is 33.4 Å². The van der Waals surface area contributed by atoms with Gasteiger partial charge in [-0.1, -0.05) is 13.8 Å². The fourth-order valence-electron chi connectivity index (χ4n) is 2.11. The molecule has 3 heteroatoms. The van der Waals surface area contributed by atoms with Crippen molar-refractivity contribution in [2.45, 2.75) is 65.5 Å². The molecule has 0 saturated carbocycles. The zero-order chi connectivity index (χ0) is 13.8. The van der Waals surface area contributed by atoms with Gasteiger partial charge in [-0.25, -0.2) is 0 Å². The third-order valence-corrected chi connectivity index (χ3v) is 3.62. The van der Waals surface area contributed by atoms with Crippen molar-refractivity contribution < 1.29 is 4.74 Å². The van der Waals surface area contributed by atoms with Crippen LogP contribution in [0.25, 0.3) is 0 Å². The predicted octanol–water partition coefficient (Wildman–Crippen LogP) is 2.90. The van der Waals surface area contributed by atoms with E-state index in [1.165, 1.54) is 32.2 Å². The van der Waals surface area contributed by atoms with Crippen molar-refractivity contribution >= 4 is 0 Å². The summed E-state index contributed by atoms with van der Waals surface area (Å²) in [5.74, 6) is 0. The number of hydrogen-bond donors (Lipinski definition) is 1. The highest BCUT2D eigenvalue weighted by Crippen LogP contribution is 2.06. The van der Waals surface area contributed by atoms with Gasteiger partial charge in [-0.2, -0.15) is 0 Å². The quantitative estimate of drug-likeness (QED) is 0.582. The van der Waals surface area contributed by atoms with E-state index in [0.717, 1.165) is 19.7 Å². The highest BCUT2D eigenvalue weighted by atomic mass is 16.5. The molecule has 0 bridgehead atoms. The number of nitrogens with zero attached hydrogens (tertiary/aromatic N) is 1. The van der Waals surface area contributed by atoms with Crippen molar-refractivity contribution in [1.82, 2.24) is 10.2 Å². The second-order valence-corrected chi connectivity index (χ2v) is 5.28. The lowest BCUT2D eigenvalue weighted by atomic mass is 10.1. The first-order chi connectivity index (χ1) is 8.65. The topological polar surface area (TPSA) is 24.5 Å². The lowest BCUT2D eigenvalue weighted by molar-refractivity contribution is 0.121. The Morgan fingerprint density at radius 2 is 1.89 bits per heavy atom. The molecule has 3 nitrogen and oxygen atoms in total. The lowest BCUT2D eigenvalue weighted by Gasteiger charge is -2.28. The first-order valence-electron chi connectivity index (χ1n) is 7.62. The molecule has 0 saturated heterocycles. The summed E-state index contributed by atoms with van der Waals surface area (Å²) in [5.41, 5.74) is 0. The van der Waals surface area contributed by atoms with Gasteiger partial charge in [0.25, 0.3) is 0 Å². The maximum absolute atomic E-state index is 5.19. The van der Waals surface area contributed by atoms with E-state index in [4.69, 9.17) is 4.74 Å². The molecule has 0 spiro atoms. The Labute approximate surface area is 114 Å². The third-order valence-electron chi connectivity index (χ3n) is 3.62. The first kappa shape index (κ1) is 17.9. The second-order valence-electron chi connectivity index (χ2n) is 5.28. The molecule has 0 aromatic heterocycles. The number of rotatable bonds is 12. The lowest BCUT2D eigenvalue weighted by Crippen LogP contribution is -2.37. The summed E-state index contributed by atoms with van der Waals surface area (Å²) >= 11 is 0. The van der Waals surface area contributed by atoms with Crippen LogP contribution in [0.2, 0.25) is 0 Å². The van der Waals surface area contributed by atoms with E-state index in [2.05, 4.69) is 37.9 Å². The van der Waals surface area contributed by atoms with Crippen LogP contribution in [0.3, 0.4) is 0 Å². The summed E-state index contributed by atoms with van der Waals surface area (Å²) in [6, 6.07) is 1.31.